The summed E-state index contributed by atoms with van der Waals surface area (Å²) in [5.41, 5.74) is 0.534. The summed E-state index contributed by atoms with van der Waals surface area (Å²) < 4.78 is 10.5. The topological polar surface area (TPSA) is 35.5 Å². The molecule has 2 aromatic carbocycles. The third-order valence-electron chi connectivity index (χ3n) is 2.65. The third-order valence-corrected chi connectivity index (χ3v) is 3.75. The molecule has 0 bridgehead atoms. The average Bonchev–Trinajstić information content (AvgIpc) is 2.43. The zero-order valence-corrected chi connectivity index (χ0v) is 10.5. The largest absolute Gasteiger partial charge is 0.465 e. The lowest BCUT2D eigenvalue weighted by atomic mass is 10.2. The van der Waals surface area contributed by atoms with Crippen molar-refractivity contribution in [3.63, 3.8) is 0 Å². The number of hydrogen-bond donors (Lipinski definition) is 0. The molecule has 1 aliphatic heterocycles. The van der Waals surface area contributed by atoms with Crippen LogP contribution in [0.3, 0.4) is 0 Å². The van der Waals surface area contributed by atoms with Gasteiger partial charge in [-0.1, -0.05) is 23.9 Å². The van der Waals surface area contributed by atoms with Gasteiger partial charge in [0, 0.05) is 0 Å². The number of benzene rings is 2. The highest BCUT2D eigenvalue weighted by Crippen LogP contribution is 2.46. The maximum atomic E-state index is 11.5. The smallest absolute Gasteiger partial charge is 0.337 e. The highest BCUT2D eigenvalue weighted by Gasteiger charge is 2.19. The summed E-state index contributed by atoms with van der Waals surface area (Å²) >= 11 is 1.59. The van der Waals surface area contributed by atoms with Crippen LogP contribution in [-0.2, 0) is 4.74 Å². The minimum absolute atomic E-state index is 0.336. The second-order valence-corrected chi connectivity index (χ2v) is 4.89. The molecule has 0 saturated heterocycles. The standard InChI is InChI=1S/C14H10O3S/c1-16-14(15)9-6-7-11-13(8-9)18-12-5-3-2-4-10(12)17-11/h2-8H,1H3. The Morgan fingerprint density at radius 2 is 1.89 bits per heavy atom. The summed E-state index contributed by atoms with van der Waals surface area (Å²) in [5, 5.41) is 0. The van der Waals surface area contributed by atoms with Crippen molar-refractivity contribution < 1.29 is 14.3 Å². The van der Waals surface area contributed by atoms with Crippen molar-refractivity contribution in [3.8, 4) is 11.5 Å². The maximum Gasteiger partial charge on any atom is 0.337 e. The van der Waals surface area contributed by atoms with Crippen molar-refractivity contribution in [2.45, 2.75) is 9.79 Å². The van der Waals surface area contributed by atoms with Crippen LogP contribution < -0.4 is 4.74 Å². The van der Waals surface area contributed by atoms with Crippen LogP contribution in [0.25, 0.3) is 0 Å². The first-order valence-electron chi connectivity index (χ1n) is 5.45. The lowest BCUT2D eigenvalue weighted by Crippen LogP contribution is -2.02. The molecular weight excluding hydrogens is 248 g/mol. The fourth-order valence-electron chi connectivity index (χ4n) is 1.77. The van der Waals surface area contributed by atoms with E-state index in [1.807, 2.05) is 24.3 Å². The van der Waals surface area contributed by atoms with Crippen molar-refractivity contribution >= 4 is 17.7 Å². The van der Waals surface area contributed by atoms with Gasteiger partial charge in [0.05, 0.1) is 22.5 Å². The van der Waals surface area contributed by atoms with Crippen LogP contribution in [0.15, 0.2) is 52.3 Å². The molecule has 1 heterocycles. The van der Waals surface area contributed by atoms with Crippen LogP contribution in [0.1, 0.15) is 10.4 Å². The second-order valence-electron chi connectivity index (χ2n) is 3.80. The van der Waals surface area contributed by atoms with Crippen LogP contribution in [0.5, 0.6) is 11.5 Å². The van der Waals surface area contributed by atoms with Crippen molar-refractivity contribution in [2.24, 2.45) is 0 Å². The summed E-state index contributed by atoms with van der Waals surface area (Å²) in [5.74, 6) is 1.28. The van der Waals surface area contributed by atoms with E-state index in [9.17, 15) is 4.79 Å². The normalized spacial score (nSPS) is 12.1. The lowest BCUT2D eigenvalue weighted by Gasteiger charge is -2.19. The molecule has 0 amide bonds. The number of ether oxygens (including phenoxy) is 2. The number of carbonyl (C=O) groups excluding carboxylic acids is 1. The number of para-hydroxylation sites is 1. The van der Waals surface area contributed by atoms with Crippen molar-refractivity contribution in [1.82, 2.24) is 0 Å². The third kappa shape index (κ3) is 1.84. The van der Waals surface area contributed by atoms with Gasteiger partial charge < -0.3 is 9.47 Å². The first kappa shape index (κ1) is 11.2. The monoisotopic (exact) mass is 258 g/mol. The van der Waals surface area contributed by atoms with E-state index >= 15 is 0 Å². The second kappa shape index (κ2) is 4.38. The van der Waals surface area contributed by atoms with Gasteiger partial charge in [0.15, 0.2) is 0 Å². The minimum atomic E-state index is -0.336. The fourth-order valence-corrected chi connectivity index (χ4v) is 2.76. The van der Waals surface area contributed by atoms with Crippen molar-refractivity contribution in [3.05, 3.63) is 48.0 Å². The molecule has 0 fully saturated rings. The van der Waals surface area contributed by atoms with E-state index in [0.29, 0.717) is 5.56 Å². The molecule has 3 nitrogen and oxygen atoms in total. The molecule has 0 spiro atoms. The summed E-state index contributed by atoms with van der Waals surface area (Å²) in [6.07, 6.45) is 0. The zero-order valence-electron chi connectivity index (χ0n) is 9.67. The fraction of sp³-hybridized carbons (Fsp3) is 0.0714. The number of fused-ring (bicyclic) bond motifs is 2. The van der Waals surface area contributed by atoms with Crippen molar-refractivity contribution in [2.75, 3.05) is 7.11 Å². The van der Waals surface area contributed by atoms with Gasteiger partial charge in [0.1, 0.15) is 11.5 Å². The zero-order chi connectivity index (χ0) is 12.5. The van der Waals surface area contributed by atoms with Crippen LogP contribution in [0, 0.1) is 0 Å². The molecule has 1 aliphatic rings. The molecule has 0 saturated carbocycles. The van der Waals surface area contributed by atoms with E-state index in [-0.39, 0.29) is 5.97 Å². The van der Waals surface area contributed by atoms with Gasteiger partial charge >= 0.3 is 5.97 Å². The van der Waals surface area contributed by atoms with Gasteiger partial charge in [0.2, 0.25) is 0 Å². The molecule has 0 aromatic heterocycles. The van der Waals surface area contributed by atoms with E-state index in [1.165, 1.54) is 7.11 Å². The Balaban J connectivity index is 2.01. The van der Waals surface area contributed by atoms with Gasteiger partial charge in [-0.3, -0.25) is 0 Å². The SMILES string of the molecule is COC(=O)c1ccc2c(c1)Sc1ccccc1O2. The molecular formula is C14H10O3S. The molecule has 0 unspecified atom stereocenters. The summed E-state index contributed by atoms with van der Waals surface area (Å²) in [6.45, 7) is 0. The van der Waals surface area contributed by atoms with Gasteiger partial charge in [-0.2, -0.15) is 0 Å². The van der Waals surface area contributed by atoms with Gasteiger partial charge in [0.25, 0.3) is 0 Å². The Kier molecular flexibility index (Phi) is 2.72. The number of rotatable bonds is 1. The quantitative estimate of drug-likeness (QED) is 0.623. The molecule has 0 aliphatic carbocycles. The first-order chi connectivity index (χ1) is 8.78. The maximum absolute atomic E-state index is 11.5. The Bertz CT molecular complexity index is 622. The molecule has 18 heavy (non-hydrogen) atoms. The Morgan fingerprint density at radius 3 is 2.72 bits per heavy atom. The van der Waals surface area contributed by atoms with E-state index in [1.54, 1.807) is 30.0 Å². The van der Waals surface area contributed by atoms with Crippen LogP contribution >= 0.6 is 11.8 Å². The number of hydrogen-bond acceptors (Lipinski definition) is 4. The molecule has 3 rings (SSSR count). The van der Waals surface area contributed by atoms with Crippen LogP contribution in [-0.4, -0.2) is 13.1 Å². The summed E-state index contributed by atoms with van der Waals surface area (Å²) in [6, 6.07) is 13.1. The molecule has 2 aromatic rings. The predicted molar refractivity (Wildman–Crippen MR) is 68.4 cm³/mol. The van der Waals surface area contributed by atoms with E-state index in [0.717, 1.165) is 21.3 Å². The Labute approximate surface area is 109 Å². The summed E-state index contributed by atoms with van der Waals surface area (Å²) in [4.78, 5) is 13.4. The van der Waals surface area contributed by atoms with Crippen LogP contribution in [0.2, 0.25) is 0 Å². The highest BCUT2D eigenvalue weighted by molar-refractivity contribution is 7.99. The van der Waals surface area contributed by atoms with Crippen LogP contribution in [0.4, 0.5) is 0 Å². The molecule has 0 N–H and O–H groups in total. The van der Waals surface area contributed by atoms with Gasteiger partial charge in [-0.15, -0.1) is 0 Å². The van der Waals surface area contributed by atoms with Gasteiger partial charge in [-0.25, -0.2) is 4.79 Å². The lowest BCUT2D eigenvalue weighted by molar-refractivity contribution is 0.0600. The number of esters is 1. The Hall–Kier alpha value is -1.94. The average molecular weight is 258 g/mol. The summed E-state index contributed by atoms with van der Waals surface area (Å²) in [7, 11) is 1.38. The molecule has 0 atom stereocenters. The number of carbonyl (C=O) groups is 1. The first-order valence-corrected chi connectivity index (χ1v) is 6.26. The van der Waals surface area contributed by atoms with E-state index in [2.05, 4.69) is 0 Å². The van der Waals surface area contributed by atoms with Gasteiger partial charge in [-0.05, 0) is 30.3 Å². The molecule has 0 radical (unpaired) electrons. The predicted octanol–water partition coefficient (Wildman–Crippen LogP) is 3.73. The van der Waals surface area contributed by atoms with Crippen molar-refractivity contribution in [1.29, 1.82) is 0 Å². The number of methoxy groups -OCH3 is 1. The highest BCUT2D eigenvalue weighted by atomic mass is 32.2. The molecule has 4 heteroatoms. The Morgan fingerprint density at radius 1 is 1.11 bits per heavy atom. The van der Waals surface area contributed by atoms with E-state index in [4.69, 9.17) is 9.47 Å². The molecule has 90 valence electrons. The minimum Gasteiger partial charge on any atom is -0.465 e. The van der Waals surface area contributed by atoms with E-state index < -0.39 is 0 Å².